The molecule has 0 aliphatic carbocycles. The summed E-state index contributed by atoms with van der Waals surface area (Å²) < 4.78 is 1.95. The maximum absolute atomic E-state index is 11.3. The molecule has 0 unspecified atom stereocenters. The fourth-order valence-corrected chi connectivity index (χ4v) is 3.51. The largest absolute Gasteiger partial charge is 0.363 e. The summed E-state index contributed by atoms with van der Waals surface area (Å²) >= 11 is 0. The molecule has 5 aromatic rings. The van der Waals surface area contributed by atoms with Crippen LogP contribution in [0.15, 0.2) is 101 Å². The van der Waals surface area contributed by atoms with Crippen LogP contribution < -0.4 is 11.1 Å². The van der Waals surface area contributed by atoms with E-state index in [2.05, 4.69) is 56.0 Å². The first-order chi connectivity index (χ1) is 16.7. The molecule has 0 aliphatic heterocycles. The number of nitrogens with zero attached hydrogens (tertiary/aromatic N) is 5. The minimum Gasteiger partial charge on any atom is -0.260 e. The Hall–Kier alpha value is -4.85. The standard InChI is InChI=1S/C26H21N7O/c1-18-25(28-26(34)31-29-18)30-27-17-19-12-14-22(15-13-19)33-24(21-10-6-3-7-11-21)16-23(32-33)20-8-4-2-5-9-20/h2-17H,1H3,(H2,28,30,31,34)/b27-17-. The summed E-state index contributed by atoms with van der Waals surface area (Å²) in [6.07, 6.45) is 1.66. The number of benzene rings is 3. The van der Waals surface area contributed by atoms with Crippen molar-refractivity contribution in [2.24, 2.45) is 5.10 Å². The first-order valence-corrected chi connectivity index (χ1v) is 10.7. The van der Waals surface area contributed by atoms with E-state index in [0.717, 1.165) is 33.8 Å². The Labute approximate surface area is 195 Å². The minimum atomic E-state index is -0.532. The summed E-state index contributed by atoms with van der Waals surface area (Å²) in [4.78, 5) is 15.2. The molecule has 0 fully saturated rings. The van der Waals surface area contributed by atoms with Gasteiger partial charge in [0.1, 0.15) is 5.69 Å². The number of hydrazone groups is 1. The zero-order chi connectivity index (χ0) is 23.3. The fourth-order valence-electron chi connectivity index (χ4n) is 3.51. The first kappa shape index (κ1) is 21.0. The number of H-pyrrole nitrogens is 1. The van der Waals surface area contributed by atoms with Crippen LogP contribution >= 0.6 is 0 Å². The number of hydrogen-bond acceptors (Lipinski definition) is 6. The second-order valence-corrected chi connectivity index (χ2v) is 7.59. The maximum Gasteiger partial charge on any atom is 0.363 e. The molecule has 8 nitrogen and oxygen atoms in total. The number of hydrogen-bond donors (Lipinski definition) is 2. The highest BCUT2D eigenvalue weighted by Gasteiger charge is 2.13. The Morgan fingerprint density at radius 1 is 0.912 bits per heavy atom. The average Bonchev–Trinajstić information content (AvgIpc) is 3.33. The van der Waals surface area contributed by atoms with Gasteiger partial charge in [0.25, 0.3) is 0 Å². The van der Waals surface area contributed by atoms with Crippen LogP contribution in [0.2, 0.25) is 0 Å². The molecule has 2 heterocycles. The SMILES string of the molecule is Cc1n[nH]c(=O)nc1N/N=C\c1ccc(-n2nc(-c3ccccc3)cc2-c2ccccc2)cc1. The van der Waals surface area contributed by atoms with Crippen molar-refractivity contribution in [3.05, 3.63) is 113 Å². The van der Waals surface area contributed by atoms with Crippen molar-refractivity contribution >= 4 is 12.0 Å². The molecular formula is C26H21N7O. The molecule has 8 heteroatoms. The highest BCUT2D eigenvalue weighted by atomic mass is 16.1. The molecule has 0 spiro atoms. The number of aromatic nitrogens is 5. The number of aryl methyl sites for hydroxylation is 1. The van der Waals surface area contributed by atoms with Gasteiger partial charge in [0.15, 0.2) is 5.82 Å². The molecular weight excluding hydrogens is 426 g/mol. The zero-order valence-electron chi connectivity index (χ0n) is 18.4. The molecule has 0 atom stereocenters. The Kier molecular flexibility index (Phi) is 5.77. The highest BCUT2D eigenvalue weighted by Crippen LogP contribution is 2.28. The van der Waals surface area contributed by atoms with Crippen LogP contribution in [0.25, 0.3) is 28.2 Å². The number of aromatic amines is 1. The van der Waals surface area contributed by atoms with E-state index in [4.69, 9.17) is 5.10 Å². The van der Waals surface area contributed by atoms with Gasteiger partial charge in [-0.2, -0.15) is 20.3 Å². The average molecular weight is 448 g/mol. The normalized spacial score (nSPS) is 11.1. The first-order valence-electron chi connectivity index (χ1n) is 10.7. The molecule has 2 aromatic heterocycles. The van der Waals surface area contributed by atoms with E-state index in [9.17, 15) is 4.79 Å². The van der Waals surface area contributed by atoms with Crippen molar-refractivity contribution in [2.75, 3.05) is 5.43 Å². The van der Waals surface area contributed by atoms with Gasteiger partial charge in [0, 0.05) is 11.1 Å². The molecule has 3 aromatic carbocycles. The zero-order valence-corrected chi connectivity index (χ0v) is 18.4. The molecule has 0 saturated heterocycles. The van der Waals surface area contributed by atoms with Crippen LogP contribution in [0.4, 0.5) is 5.82 Å². The van der Waals surface area contributed by atoms with Crippen molar-refractivity contribution in [2.45, 2.75) is 6.92 Å². The van der Waals surface area contributed by atoms with Gasteiger partial charge in [0.2, 0.25) is 0 Å². The molecule has 34 heavy (non-hydrogen) atoms. The predicted molar refractivity (Wildman–Crippen MR) is 133 cm³/mol. The van der Waals surface area contributed by atoms with Crippen LogP contribution in [0.5, 0.6) is 0 Å². The Bertz CT molecular complexity index is 1490. The van der Waals surface area contributed by atoms with Crippen molar-refractivity contribution in [1.82, 2.24) is 25.0 Å². The van der Waals surface area contributed by atoms with Gasteiger partial charge in [-0.15, -0.1) is 0 Å². The number of nitrogens with one attached hydrogen (secondary N) is 2. The molecule has 0 saturated carbocycles. The maximum atomic E-state index is 11.3. The second-order valence-electron chi connectivity index (χ2n) is 7.59. The summed E-state index contributed by atoms with van der Waals surface area (Å²) in [6.45, 7) is 1.73. The lowest BCUT2D eigenvalue weighted by Crippen LogP contribution is -2.15. The van der Waals surface area contributed by atoms with Gasteiger partial charge >= 0.3 is 5.69 Å². The third-order valence-electron chi connectivity index (χ3n) is 5.25. The van der Waals surface area contributed by atoms with Crippen LogP contribution in [0, 0.1) is 6.92 Å². The van der Waals surface area contributed by atoms with E-state index in [1.807, 2.05) is 65.3 Å². The fraction of sp³-hybridized carbons (Fsp3) is 0.0385. The monoisotopic (exact) mass is 447 g/mol. The van der Waals surface area contributed by atoms with Crippen LogP contribution in [0.3, 0.4) is 0 Å². The molecule has 5 rings (SSSR count). The molecule has 0 amide bonds. The van der Waals surface area contributed by atoms with Crippen LogP contribution in [0.1, 0.15) is 11.3 Å². The molecule has 0 radical (unpaired) electrons. The summed E-state index contributed by atoms with van der Waals surface area (Å²) in [5, 5.41) is 15.2. The second kappa shape index (κ2) is 9.33. The minimum absolute atomic E-state index is 0.314. The van der Waals surface area contributed by atoms with Gasteiger partial charge < -0.3 is 0 Å². The smallest absolute Gasteiger partial charge is 0.260 e. The van der Waals surface area contributed by atoms with E-state index < -0.39 is 5.69 Å². The van der Waals surface area contributed by atoms with Crippen LogP contribution in [-0.4, -0.2) is 31.2 Å². The topological polar surface area (TPSA) is 101 Å². The Balaban J connectivity index is 1.44. The Morgan fingerprint density at radius 3 is 2.29 bits per heavy atom. The summed E-state index contributed by atoms with van der Waals surface area (Å²) in [7, 11) is 0. The molecule has 0 aliphatic rings. The van der Waals surface area contributed by atoms with Gasteiger partial charge in [-0.25, -0.2) is 14.6 Å². The van der Waals surface area contributed by atoms with Gasteiger partial charge in [0.05, 0.1) is 23.3 Å². The quantitative estimate of drug-likeness (QED) is 0.296. The van der Waals surface area contributed by atoms with E-state index in [1.54, 1.807) is 13.1 Å². The molecule has 166 valence electrons. The molecule has 0 bridgehead atoms. The van der Waals surface area contributed by atoms with E-state index in [-0.39, 0.29) is 0 Å². The number of rotatable bonds is 6. The molecule has 2 N–H and O–H groups in total. The van der Waals surface area contributed by atoms with Gasteiger partial charge in [-0.1, -0.05) is 72.8 Å². The summed E-state index contributed by atoms with van der Waals surface area (Å²) in [6, 6.07) is 30.3. The van der Waals surface area contributed by atoms with Crippen molar-refractivity contribution in [3.8, 4) is 28.2 Å². The summed E-state index contributed by atoms with van der Waals surface area (Å²) in [5.74, 6) is 0.314. The lowest BCUT2D eigenvalue weighted by atomic mass is 10.1. The lowest BCUT2D eigenvalue weighted by Gasteiger charge is -2.08. The van der Waals surface area contributed by atoms with Gasteiger partial charge in [-0.05, 0) is 30.7 Å². The Morgan fingerprint density at radius 2 is 1.59 bits per heavy atom. The van der Waals surface area contributed by atoms with E-state index in [0.29, 0.717) is 11.5 Å². The number of anilines is 1. The van der Waals surface area contributed by atoms with Crippen molar-refractivity contribution < 1.29 is 0 Å². The highest BCUT2D eigenvalue weighted by molar-refractivity contribution is 5.80. The lowest BCUT2D eigenvalue weighted by molar-refractivity contribution is 0.879. The van der Waals surface area contributed by atoms with E-state index >= 15 is 0 Å². The third kappa shape index (κ3) is 4.51. The van der Waals surface area contributed by atoms with Gasteiger partial charge in [-0.3, -0.25) is 5.43 Å². The predicted octanol–water partition coefficient (Wildman–Crippen LogP) is 4.44. The third-order valence-corrected chi connectivity index (χ3v) is 5.25. The van der Waals surface area contributed by atoms with Crippen molar-refractivity contribution in [1.29, 1.82) is 0 Å². The van der Waals surface area contributed by atoms with E-state index in [1.165, 1.54) is 0 Å². The summed E-state index contributed by atoms with van der Waals surface area (Å²) in [5.41, 5.74) is 8.65. The van der Waals surface area contributed by atoms with Crippen molar-refractivity contribution in [3.63, 3.8) is 0 Å². The van der Waals surface area contributed by atoms with Crippen LogP contribution in [-0.2, 0) is 0 Å².